The molecule has 0 bridgehead atoms. The fraction of sp³-hybridized carbons (Fsp3) is 0.250. The summed E-state index contributed by atoms with van der Waals surface area (Å²) in [6.07, 6.45) is 1.59. The van der Waals surface area contributed by atoms with Gasteiger partial charge in [-0.1, -0.05) is 51.6 Å². The Balaban J connectivity index is 1.47. The van der Waals surface area contributed by atoms with Gasteiger partial charge in [0.25, 0.3) is 11.8 Å². The number of carboxylic acids is 1. The highest BCUT2D eigenvalue weighted by Crippen LogP contribution is 2.41. The average Bonchev–Trinajstić information content (AvgIpc) is 3.22. The fourth-order valence-corrected chi connectivity index (χ4v) is 7.16. The zero-order valence-electron chi connectivity index (χ0n) is 19.6. The summed E-state index contributed by atoms with van der Waals surface area (Å²) in [6, 6.07) is 0.528. The lowest BCUT2D eigenvalue weighted by atomic mass is 10.0. The molecule has 4 rings (SSSR count). The molecular formula is C20H20ClN9O5S4. The zero-order chi connectivity index (χ0) is 28.3. The van der Waals surface area contributed by atoms with Gasteiger partial charge in [-0.15, -0.1) is 11.8 Å². The number of carbonyl (C=O) groups is 3. The van der Waals surface area contributed by atoms with Crippen molar-refractivity contribution in [1.82, 2.24) is 25.2 Å². The summed E-state index contributed by atoms with van der Waals surface area (Å²) in [5.74, 6) is -1.68. The number of β-lactam (4-membered cyclic amide) rings is 1. The van der Waals surface area contributed by atoms with Crippen LogP contribution >= 0.6 is 58.2 Å². The van der Waals surface area contributed by atoms with E-state index in [1.54, 1.807) is 17.6 Å². The molecule has 0 spiro atoms. The number of nitrogens with zero attached hydrogens (tertiary/aromatic N) is 5. The zero-order valence-corrected chi connectivity index (χ0v) is 23.6. The van der Waals surface area contributed by atoms with Crippen LogP contribution in [0.2, 0.25) is 4.34 Å². The number of hydrogen-bond acceptors (Lipinski definition) is 15. The Morgan fingerprint density at radius 3 is 2.74 bits per heavy atom. The number of rotatable bonds is 10. The van der Waals surface area contributed by atoms with Crippen LogP contribution in [-0.4, -0.2) is 83.1 Å². The summed E-state index contributed by atoms with van der Waals surface area (Å²) in [5.41, 5.74) is 16.5. The number of aromatic nitrogens is 3. The highest BCUT2D eigenvalue weighted by atomic mass is 35.5. The van der Waals surface area contributed by atoms with E-state index in [-0.39, 0.29) is 32.4 Å². The van der Waals surface area contributed by atoms with E-state index >= 15 is 0 Å². The molecule has 39 heavy (non-hydrogen) atoms. The van der Waals surface area contributed by atoms with Gasteiger partial charge in [-0.3, -0.25) is 14.5 Å². The van der Waals surface area contributed by atoms with Crippen LogP contribution in [0.1, 0.15) is 5.69 Å². The number of carboxylic acid groups (broad SMARTS) is 1. The number of aliphatic carboxylic acids is 1. The van der Waals surface area contributed by atoms with Gasteiger partial charge >= 0.3 is 5.97 Å². The van der Waals surface area contributed by atoms with Crippen LogP contribution in [0.25, 0.3) is 0 Å². The van der Waals surface area contributed by atoms with E-state index in [0.29, 0.717) is 28.1 Å². The number of hydrogen-bond donors (Lipinski definition) is 6. The third-order valence-corrected chi connectivity index (χ3v) is 9.13. The molecule has 9 N–H and O–H groups in total. The van der Waals surface area contributed by atoms with Crippen LogP contribution in [0.3, 0.4) is 0 Å². The summed E-state index contributed by atoms with van der Waals surface area (Å²) in [6.45, 7) is 0.460. The number of fused-ring (bicyclic) bond motifs is 1. The first-order valence-corrected chi connectivity index (χ1v) is 14.9. The Morgan fingerprint density at radius 2 is 2.10 bits per heavy atom. The summed E-state index contributed by atoms with van der Waals surface area (Å²) in [7, 11) is 0. The van der Waals surface area contributed by atoms with Crippen LogP contribution in [0, 0.1) is 0 Å². The second kappa shape index (κ2) is 12.4. The first kappa shape index (κ1) is 29.0. The lowest BCUT2D eigenvalue weighted by Gasteiger charge is -2.49. The molecule has 4 heterocycles. The van der Waals surface area contributed by atoms with Crippen molar-refractivity contribution in [3.05, 3.63) is 38.9 Å². The Bertz CT molecular complexity index is 1420. The number of thioether (sulfide) groups is 3. The number of allylic oxidation sites excluding steroid dienone is 1. The number of anilines is 2. The van der Waals surface area contributed by atoms with Gasteiger partial charge in [0.2, 0.25) is 0 Å². The Labute approximate surface area is 242 Å². The maximum absolute atomic E-state index is 12.9. The molecule has 0 unspecified atom stereocenters. The molecule has 2 atom stereocenters. The maximum Gasteiger partial charge on any atom is 0.352 e. The largest absolute Gasteiger partial charge is 0.477 e. The quantitative estimate of drug-likeness (QED) is 0.0409. The van der Waals surface area contributed by atoms with Crippen LogP contribution < -0.4 is 22.5 Å². The van der Waals surface area contributed by atoms with Crippen LogP contribution in [0.5, 0.6) is 0 Å². The van der Waals surface area contributed by atoms with Crippen molar-refractivity contribution in [2.75, 3.05) is 29.5 Å². The van der Waals surface area contributed by atoms with E-state index in [9.17, 15) is 24.7 Å². The van der Waals surface area contributed by atoms with Crippen molar-refractivity contribution in [2.24, 2.45) is 10.9 Å². The van der Waals surface area contributed by atoms with E-state index in [1.165, 1.54) is 35.3 Å². The maximum atomic E-state index is 12.9. The molecule has 2 aliphatic heterocycles. The summed E-state index contributed by atoms with van der Waals surface area (Å²) in [4.78, 5) is 51.3. The fourth-order valence-electron chi connectivity index (χ4n) is 3.53. The van der Waals surface area contributed by atoms with Crippen molar-refractivity contribution in [3.8, 4) is 0 Å². The molecule has 1 saturated heterocycles. The summed E-state index contributed by atoms with van der Waals surface area (Å²) < 4.78 is 0.0321. The van der Waals surface area contributed by atoms with Gasteiger partial charge in [0.15, 0.2) is 16.0 Å². The standard InChI is InChI=1S/C20H20ClN9O5S4/c21-14-10(28-19(24)39-14)11(29-35)15(31)27-12-16(32)30-13(18(33)34)7(6-38-17(12)30)1-3-36-9-5-8(23)25-20(26-9)37-4-2-22/h1,3,5,12,17,35H,2,4,6,22H2,(H2,24,28)(H,27,31)(H,33,34)(H2,23,25,26)/b3-1+,29-11-/t12-,17-/m1/s1. The second-order valence-corrected chi connectivity index (χ2v) is 12.4. The smallest absolute Gasteiger partial charge is 0.352 e. The Morgan fingerprint density at radius 1 is 1.33 bits per heavy atom. The average molecular weight is 630 g/mol. The molecule has 2 amide bonds. The molecule has 0 saturated carbocycles. The minimum absolute atomic E-state index is 0.0321. The highest BCUT2D eigenvalue weighted by Gasteiger charge is 2.54. The predicted molar refractivity (Wildman–Crippen MR) is 151 cm³/mol. The molecule has 19 heteroatoms. The number of oxime groups is 1. The molecular weight excluding hydrogens is 610 g/mol. The molecule has 0 aliphatic carbocycles. The van der Waals surface area contributed by atoms with Crippen LogP contribution in [-0.2, 0) is 14.4 Å². The highest BCUT2D eigenvalue weighted by molar-refractivity contribution is 8.02. The molecule has 1 fully saturated rings. The number of carbonyl (C=O) groups excluding carboxylic acids is 2. The lowest BCUT2D eigenvalue weighted by molar-refractivity contribution is -0.150. The van der Waals surface area contributed by atoms with Crippen molar-refractivity contribution < 1.29 is 24.7 Å². The van der Waals surface area contributed by atoms with E-state index in [2.05, 4.69) is 25.4 Å². The van der Waals surface area contributed by atoms with Gasteiger partial charge in [-0.25, -0.2) is 19.7 Å². The number of nitrogens with one attached hydrogen (secondary N) is 1. The van der Waals surface area contributed by atoms with Crippen molar-refractivity contribution >= 4 is 92.7 Å². The number of amides is 2. The molecule has 2 aliphatic rings. The van der Waals surface area contributed by atoms with Crippen molar-refractivity contribution in [2.45, 2.75) is 21.6 Å². The van der Waals surface area contributed by atoms with Gasteiger partial charge in [0.1, 0.15) is 38.0 Å². The topological polar surface area (TPSA) is 236 Å². The lowest BCUT2D eigenvalue weighted by Crippen LogP contribution is -2.71. The monoisotopic (exact) mass is 629 g/mol. The molecule has 0 radical (unpaired) electrons. The van der Waals surface area contributed by atoms with Gasteiger partial charge in [0.05, 0.1) is 0 Å². The van der Waals surface area contributed by atoms with E-state index in [0.717, 1.165) is 16.2 Å². The summed E-state index contributed by atoms with van der Waals surface area (Å²) >= 11 is 10.7. The predicted octanol–water partition coefficient (Wildman–Crippen LogP) is 1.02. The molecule has 14 nitrogen and oxygen atoms in total. The van der Waals surface area contributed by atoms with Crippen molar-refractivity contribution in [3.63, 3.8) is 0 Å². The minimum atomic E-state index is -1.29. The van der Waals surface area contributed by atoms with E-state index in [1.807, 2.05) is 0 Å². The third kappa shape index (κ3) is 6.25. The molecule has 206 valence electrons. The Hall–Kier alpha value is -3.03. The SMILES string of the molecule is NCCSc1nc(N)cc(S/C=C/C2=C(C(=O)O)N3C(=O)[C@@H](NC(=O)/C(=N\O)c4nc(N)sc4Cl)[C@H]3SC2)n1. The number of halogens is 1. The normalized spacial score (nSPS) is 19.3. The van der Waals surface area contributed by atoms with E-state index < -0.39 is 34.9 Å². The molecule has 0 aromatic carbocycles. The Kier molecular flexibility index (Phi) is 9.23. The van der Waals surface area contributed by atoms with Crippen LogP contribution in [0.4, 0.5) is 10.9 Å². The van der Waals surface area contributed by atoms with Gasteiger partial charge < -0.3 is 32.8 Å². The van der Waals surface area contributed by atoms with Gasteiger partial charge in [-0.2, -0.15) is 0 Å². The van der Waals surface area contributed by atoms with Crippen LogP contribution in [0.15, 0.2) is 44.2 Å². The first-order valence-electron chi connectivity index (χ1n) is 10.8. The van der Waals surface area contributed by atoms with Gasteiger partial charge in [0, 0.05) is 24.1 Å². The first-order chi connectivity index (χ1) is 18.6. The number of nitrogen functional groups attached to an aromatic ring is 2. The number of thiazole rings is 1. The van der Waals surface area contributed by atoms with E-state index in [4.69, 9.17) is 28.8 Å². The summed E-state index contributed by atoms with van der Waals surface area (Å²) in [5, 5.41) is 26.7. The molecule has 2 aromatic rings. The minimum Gasteiger partial charge on any atom is -0.477 e. The second-order valence-electron chi connectivity index (χ2n) is 7.63. The third-order valence-electron chi connectivity index (χ3n) is 5.14. The van der Waals surface area contributed by atoms with Gasteiger partial charge in [-0.05, 0) is 17.1 Å². The number of nitrogens with two attached hydrogens (primary N) is 3. The molecule has 2 aromatic heterocycles. The van der Waals surface area contributed by atoms with Crippen molar-refractivity contribution in [1.29, 1.82) is 0 Å².